The van der Waals surface area contributed by atoms with Gasteiger partial charge in [0.05, 0.1) is 17.2 Å². The molecular formula is C12H14N4O4. The standard InChI is InChI=1S/C12H14N4O4/c1-8(7-13-9(2)17)14-15-12(18)10-3-5-11(6-4-10)16(19)20/h3-6H,7H2,1-2H3,(H,13,17)(H,15,18). The summed E-state index contributed by atoms with van der Waals surface area (Å²) in [5.41, 5.74) is 2.99. The Bertz CT molecular complexity index is 551. The number of non-ortho nitro benzene ring substituents is 1. The third-order valence-corrected chi connectivity index (χ3v) is 2.28. The van der Waals surface area contributed by atoms with Crippen LogP contribution in [-0.2, 0) is 4.79 Å². The molecule has 0 aliphatic heterocycles. The average Bonchev–Trinajstić information content (AvgIpc) is 2.42. The Kier molecular flexibility index (Phi) is 5.33. The van der Waals surface area contributed by atoms with Crippen molar-refractivity contribution in [1.82, 2.24) is 10.7 Å². The largest absolute Gasteiger partial charge is 0.351 e. The smallest absolute Gasteiger partial charge is 0.271 e. The molecule has 0 heterocycles. The van der Waals surface area contributed by atoms with Crippen LogP contribution in [0.5, 0.6) is 0 Å². The van der Waals surface area contributed by atoms with Crippen LogP contribution in [0.15, 0.2) is 29.4 Å². The van der Waals surface area contributed by atoms with Crippen LogP contribution in [0.3, 0.4) is 0 Å². The number of hydrogen-bond donors (Lipinski definition) is 2. The van der Waals surface area contributed by atoms with Crippen molar-refractivity contribution in [3.63, 3.8) is 0 Å². The summed E-state index contributed by atoms with van der Waals surface area (Å²) in [5.74, 6) is -0.677. The molecule has 2 amide bonds. The summed E-state index contributed by atoms with van der Waals surface area (Å²) in [6.45, 7) is 3.25. The highest BCUT2D eigenvalue weighted by atomic mass is 16.6. The minimum atomic E-state index is -0.544. The van der Waals surface area contributed by atoms with Gasteiger partial charge in [-0.25, -0.2) is 5.43 Å². The fourth-order valence-corrected chi connectivity index (χ4v) is 1.24. The summed E-state index contributed by atoms with van der Waals surface area (Å²) < 4.78 is 0. The fourth-order valence-electron chi connectivity index (χ4n) is 1.24. The van der Waals surface area contributed by atoms with Crippen LogP contribution in [0, 0.1) is 10.1 Å². The molecule has 20 heavy (non-hydrogen) atoms. The van der Waals surface area contributed by atoms with Crippen LogP contribution in [-0.4, -0.2) is 29.0 Å². The van der Waals surface area contributed by atoms with Gasteiger partial charge in [-0.05, 0) is 19.1 Å². The first-order valence-electron chi connectivity index (χ1n) is 5.72. The summed E-state index contributed by atoms with van der Waals surface area (Å²) in [4.78, 5) is 32.3. The maximum absolute atomic E-state index is 11.7. The van der Waals surface area contributed by atoms with Gasteiger partial charge >= 0.3 is 0 Å². The van der Waals surface area contributed by atoms with Crippen molar-refractivity contribution in [3.05, 3.63) is 39.9 Å². The zero-order valence-electron chi connectivity index (χ0n) is 11.0. The van der Waals surface area contributed by atoms with E-state index in [0.29, 0.717) is 5.71 Å². The molecule has 0 spiro atoms. The van der Waals surface area contributed by atoms with Gasteiger partial charge in [-0.3, -0.25) is 19.7 Å². The van der Waals surface area contributed by atoms with Gasteiger partial charge in [-0.1, -0.05) is 0 Å². The predicted octanol–water partition coefficient (Wildman–Crippen LogP) is 0.837. The van der Waals surface area contributed by atoms with Gasteiger partial charge in [0.1, 0.15) is 0 Å². The third kappa shape index (κ3) is 4.84. The first-order valence-corrected chi connectivity index (χ1v) is 5.72. The van der Waals surface area contributed by atoms with Crippen molar-refractivity contribution in [2.24, 2.45) is 5.10 Å². The summed E-state index contributed by atoms with van der Waals surface area (Å²) in [7, 11) is 0. The lowest BCUT2D eigenvalue weighted by Crippen LogP contribution is -2.28. The van der Waals surface area contributed by atoms with Crippen molar-refractivity contribution < 1.29 is 14.5 Å². The lowest BCUT2D eigenvalue weighted by atomic mass is 10.2. The summed E-state index contributed by atoms with van der Waals surface area (Å²) in [6, 6.07) is 5.16. The fraction of sp³-hybridized carbons (Fsp3) is 0.250. The minimum Gasteiger partial charge on any atom is -0.351 e. The molecule has 0 aromatic heterocycles. The number of hydrogen-bond acceptors (Lipinski definition) is 5. The van der Waals surface area contributed by atoms with Crippen LogP contribution in [0.4, 0.5) is 5.69 Å². The van der Waals surface area contributed by atoms with Crippen LogP contribution >= 0.6 is 0 Å². The molecule has 1 aromatic rings. The maximum Gasteiger partial charge on any atom is 0.271 e. The molecule has 8 nitrogen and oxygen atoms in total. The van der Waals surface area contributed by atoms with Crippen molar-refractivity contribution in [1.29, 1.82) is 0 Å². The zero-order valence-corrected chi connectivity index (χ0v) is 11.0. The van der Waals surface area contributed by atoms with Gasteiger partial charge in [0.25, 0.3) is 11.6 Å². The number of nitro benzene ring substituents is 1. The quantitative estimate of drug-likeness (QED) is 0.471. The molecule has 1 aromatic carbocycles. The van der Waals surface area contributed by atoms with E-state index in [1.807, 2.05) is 0 Å². The van der Waals surface area contributed by atoms with Gasteiger partial charge in [0.2, 0.25) is 5.91 Å². The SMILES string of the molecule is CC(=O)NCC(C)=NNC(=O)c1ccc([N+](=O)[O-])cc1. The van der Waals surface area contributed by atoms with E-state index in [0.717, 1.165) is 0 Å². The Morgan fingerprint density at radius 2 is 1.85 bits per heavy atom. The molecule has 0 aliphatic carbocycles. The number of benzene rings is 1. The molecule has 0 saturated carbocycles. The van der Waals surface area contributed by atoms with Gasteiger partial charge in [0.15, 0.2) is 0 Å². The number of hydrazone groups is 1. The first kappa shape index (κ1) is 15.3. The van der Waals surface area contributed by atoms with Gasteiger partial charge in [-0.15, -0.1) is 0 Å². The van der Waals surface area contributed by atoms with E-state index in [1.165, 1.54) is 31.2 Å². The van der Waals surface area contributed by atoms with Crippen molar-refractivity contribution in [3.8, 4) is 0 Å². The second-order valence-corrected chi connectivity index (χ2v) is 4.00. The van der Waals surface area contributed by atoms with Crippen molar-refractivity contribution in [2.45, 2.75) is 13.8 Å². The highest BCUT2D eigenvalue weighted by molar-refractivity contribution is 5.95. The van der Waals surface area contributed by atoms with E-state index in [9.17, 15) is 19.7 Å². The highest BCUT2D eigenvalue weighted by Gasteiger charge is 2.08. The number of nitro groups is 1. The Hall–Kier alpha value is -2.77. The Morgan fingerprint density at radius 3 is 2.35 bits per heavy atom. The normalized spacial score (nSPS) is 10.8. The van der Waals surface area contributed by atoms with E-state index in [1.54, 1.807) is 6.92 Å². The average molecular weight is 278 g/mol. The second-order valence-electron chi connectivity index (χ2n) is 4.00. The molecule has 8 heteroatoms. The number of amides is 2. The van der Waals surface area contributed by atoms with Crippen LogP contribution in [0.1, 0.15) is 24.2 Å². The van der Waals surface area contributed by atoms with E-state index in [-0.39, 0.29) is 23.7 Å². The zero-order chi connectivity index (χ0) is 15.1. The Morgan fingerprint density at radius 1 is 1.25 bits per heavy atom. The molecule has 2 N–H and O–H groups in total. The minimum absolute atomic E-state index is 0.0908. The molecular weight excluding hydrogens is 264 g/mol. The molecule has 0 bridgehead atoms. The monoisotopic (exact) mass is 278 g/mol. The van der Waals surface area contributed by atoms with Crippen LogP contribution in [0.2, 0.25) is 0 Å². The number of nitrogens with one attached hydrogen (secondary N) is 2. The lowest BCUT2D eigenvalue weighted by molar-refractivity contribution is -0.384. The molecule has 0 unspecified atom stereocenters. The Labute approximate surface area is 115 Å². The Balaban J connectivity index is 2.60. The molecule has 0 saturated heterocycles. The number of nitrogens with zero attached hydrogens (tertiary/aromatic N) is 2. The highest BCUT2D eigenvalue weighted by Crippen LogP contribution is 2.11. The molecule has 0 fully saturated rings. The molecule has 1 rings (SSSR count). The summed E-state index contributed by atoms with van der Waals surface area (Å²) in [6.07, 6.45) is 0. The van der Waals surface area contributed by atoms with Crippen molar-refractivity contribution >= 4 is 23.2 Å². The van der Waals surface area contributed by atoms with E-state index >= 15 is 0 Å². The topological polar surface area (TPSA) is 114 Å². The molecule has 0 atom stereocenters. The first-order chi connectivity index (χ1) is 9.40. The summed E-state index contributed by atoms with van der Waals surface area (Å²) in [5, 5.41) is 16.8. The number of carbonyl (C=O) groups is 2. The predicted molar refractivity (Wildman–Crippen MR) is 72.4 cm³/mol. The second kappa shape index (κ2) is 6.98. The van der Waals surface area contributed by atoms with E-state index in [2.05, 4.69) is 15.8 Å². The van der Waals surface area contributed by atoms with Crippen LogP contribution in [0.25, 0.3) is 0 Å². The van der Waals surface area contributed by atoms with Crippen molar-refractivity contribution in [2.75, 3.05) is 6.54 Å². The lowest BCUT2D eigenvalue weighted by Gasteiger charge is -2.03. The van der Waals surface area contributed by atoms with E-state index < -0.39 is 10.8 Å². The number of carbonyl (C=O) groups excluding carboxylic acids is 2. The van der Waals surface area contributed by atoms with Crippen LogP contribution < -0.4 is 10.7 Å². The van der Waals surface area contributed by atoms with E-state index in [4.69, 9.17) is 0 Å². The molecule has 0 radical (unpaired) electrons. The van der Waals surface area contributed by atoms with Gasteiger partial charge in [0, 0.05) is 24.6 Å². The summed E-state index contributed by atoms with van der Waals surface area (Å²) >= 11 is 0. The third-order valence-electron chi connectivity index (χ3n) is 2.28. The van der Waals surface area contributed by atoms with Gasteiger partial charge in [-0.2, -0.15) is 5.10 Å². The van der Waals surface area contributed by atoms with Gasteiger partial charge < -0.3 is 5.32 Å². The molecule has 0 aliphatic rings. The maximum atomic E-state index is 11.7. The molecule has 106 valence electrons. The number of rotatable bonds is 5.